The molecular formula is C48H64ClN3O8Si. The molecule has 0 spiro atoms. The second-order valence-corrected chi connectivity index (χ2v) is 24.3. The largest absolute Gasteiger partial charge is 0.544 e. The SMILES string of the molecule is Cc1c(C(=O)N(CCOCCOc2cccc3c2CCN(C(=O)OC(C)(C)C)C3)c2ccc(O[Si](C)(C)C(C)(C)C)cc2)cc(-c2cc(Cl)ccc2C(=O)OC(C)(C)C)n1C. The maximum absolute atomic E-state index is 14.7. The Labute approximate surface area is 368 Å². The molecule has 2 amide bonds. The average Bonchev–Trinajstić information content (AvgIpc) is 3.45. The van der Waals surface area contributed by atoms with Crippen molar-refractivity contribution in [3.8, 4) is 22.8 Å². The van der Waals surface area contributed by atoms with Crippen LogP contribution < -0.4 is 14.1 Å². The monoisotopic (exact) mass is 873 g/mol. The van der Waals surface area contributed by atoms with Crippen molar-refractivity contribution in [1.82, 2.24) is 9.47 Å². The molecule has 0 N–H and O–H groups in total. The summed E-state index contributed by atoms with van der Waals surface area (Å²) in [6.07, 6.45) is 0.333. The van der Waals surface area contributed by atoms with Crippen LogP contribution in [0.3, 0.4) is 0 Å². The molecule has 330 valence electrons. The lowest BCUT2D eigenvalue weighted by Gasteiger charge is -2.36. The Morgan fingerprint density at radius 1 is 0.820 bits per heavy atom. The fourth-order valence-electron chi connectivity index (χ4n) is 6.71. The summed E-state index contributed by atoms with van der Waals surface area (Å²) in [4.78, 5) is 44.2. The van der Waals surface area contributed by atoms with E-state index in [1.54, 1.807) is 34.1 Å². The molecule has 0 saturated carbocycles. The van der Waals surface area contributed by atoms with Crippen LogP contribution in [0, 0.1) is 6.92 Å². The number of ether oxygens (including phenoxy) is 4. The van der Waals surface area contributed by atoms with E-state index in [2.05, 4.69) is 33.9 Å². The molecule has 0 aliphatic carbocycles. The number of fused-ring (bicyclic) bond motifs is 1. The quantitative estimate of drug-likeness (QED) is 0.0742. The Balaban J connectivity index is 1.33. The standard InChI is InChI=1S/C48H64ClN3O8Si/c1-32-39(30-41(50(32)11)40-29-34(49)17-22-38(40)44(54)58-46(2,3)4)43(53)52(35-18-20-36(21-19-35)60-61(12,13)48(8,9)10)25-26-56-27-28-57-42-16-14-15-33-31-51(24-23-37(33)42)45(55)59-47(5,6)7/h14-22,29-30H,23-28,31H2,1-13H3. The van der Waals surface area contributed by atoms with E-state index in [9.17, 15) is 14.4 Å². The van der Waals surface area contributed by atoms with Gasteiger partial charge in [0.1, 0.15) is 29.3 Å². The normalized spacial score (nSPS) is 13.4. The van der Waals surface area contributed by atoms with E-state index in [4.69, 9.17) is 35.0 Å². The minimum atomic E-state index is -2.10. The number of rotatable bonds is 13. The first-order valence-electron chi connectivity index (χ1n) is 20.9. The summed E-state index contributed by atoms with van der Waals surface area (Å²) >= 11 is 6.48. The summed E-state index contributed by atoms with van der Waals surface area (Å²) in [5, 5.41) is 0.473. The van der Waals surface area contributed by atoms with Crippen LogP contribution in [0.5, 0.6) is 11.5 Å². The number of esters is 1. The van der Waals surface area contributed by atoms with E-state index in [1.165, 1.54) is 0 Å². The molecule has 0 fully saturated rings. The van der Waals surface area contributed by atoms with E-state index in [0.29, 0.717) is 71.5 Å². The smallest absolute Gasteiger partial charge is 0.410 e. The summed E-state index contributed by atoms with van der Waals surface area (Å²) in [5.74, 6) is 0.817. The predicted octanol–water partition coefficient (Wildman–Crippen LogP) is 11.0. The van der Waals surface area contributed by atoms with E-state index in [0.717, 1.165) is 22.6 Å². The van der Waals surface area contributed by atoms with Crippen molar-refractivity contribution in [2.45, 2.75) is 112 Å². The molecule has 3 aromatic carbocycles. The number of nitrogens with zero attached hydrogens (tertiary/aromatic N) is 3. The van der Waals surface area contributed by atoms with Crippen molar-refractivity contribution in [3.63, 3.8) is 0 Å². The van der Waals surface area contributed by atoms with E-state index >= 15 is 0 Å². The number of amides is 2. The predicted molar refractivity (Wildman–Crippen MR) is 245 cm³/mol. The zero-order valence-corrected chi connectivity index (χ0v) is 40.0. The lowest BCUT2D eigenvalue weighted by Crippen LogP contribution is -2.43. The Bertz CT molecular complexity index is 2210. The number of aromatic nitrogens is 1. The van der Waals surface area contributed by atoms with Crippen LogP contribution in [-0.4, -0.2) is 79.9 Å². The summed E-state index contributed by atoms with van der Waals surface area (Å²) in [6.45, 7) is 26.0. The van der Waals surface area contributed by atoms with Crippen molar-refractivity contribution in [2.24, 2.45) is 7.05 Å². The molecule has 0 radical (unpaired) electrons. The first-order chi connectivity index (χ1) is 28.3. The fourth-order valence-corrected chi connectivity index (χ4v) is 7.91. The number of halogens is 1. The van der Waals surface area contributed by atoms with E-state index < -0.39 is 25.5 Å². The summed E-state index contributed by atoms with van der Waals surface area (Å²) in [6, 6.07) is 20.4. The third kappa shape index (κ3) is 12.0. The number of hydrogen-bond donors (Lipinski definition) is 0. The number of anilines is 1. The number of carbonyl (C=O) groups is 3. The Hall–Kier alpha value is -4.78. The Morgan fingerprint density at radius 3 is 2.13 bits per heavy atom. The van der Waals surface area contributed by atoms with Gasteiger partial charge in [0, 0.05) is 59.9 Å². The molecule has 61 heavy (non-hydrogen) atoms. The molecule has 13 heteroatoms. The third-order valence-corrected chi connectivity index (χ3v) is 15.6. The molecule has 11 nitrogen and oxygen atoms in total. The Morgan fingerprint density at radius 2 is 1.49 bits per heavy atom. The van der Waals surface area contributed by atoms with Gasteiger partial charge >= 0.3 is 12.1 Å². The average molecular weight is 875 g/mol. The molecule has 1 aliphatic heterocycles. The molecule has 2 heterocycles. The molecule has 0 bridgehead atoms. The maximum atomic E-state index is 14.7. The molecule has 1 aromatic heterocycles. The second kappa shape index (κ2) is 18.7. The van der Waals surface area contributed by atoms with Crippen molar-refractivity contribution in [1.29, 1.82) is 0 Å². The Kier molecular flexibility index (Phi) is 14.5. The molecular weight excluding hydrogens is 810 g/mol. The maximum Gasteiger partial charge on any atom is 0.410 e. The molecule has 0 unspecified atom stereocenters. The highest BCUT2D eigenvalue weighted by atomic mass is 35.5. The third-order valence-electron chi connectivity index (χ3n) is 11.0. The highest BCUT2D eigenvalue weighted by Gasteiger charge is 2.39. The van der Waals surface area contributed by atoms with Gasteiger partial charge in [0.2, 0.25) is 8.32 Å². The van der Waals surface area contributed by atoms with Gasteiger partial charge in [-0.3, -0.25) is 4.79 Å². The van der Waals surface area contributed by atoms with Gasteiger partial charge in [-0.2, -0.15) is 0 Å². The van der Waals surface area contributed by atoms with Gasteiger partial charge in [-0.05, 0) is 133 Å². The van der Waals surface area contributed by atoms with Crippen LogP contribution in [0.25, 0.3) is 11.3 Å². The van der Waals surface area contributed by atoms with Gasteiger partial charge in [-0.1, -0.05) is 44.5 Å². The zero-order chi connectivity index (χ0) is 45.1. The molecule has 5 rings (SSSR count). The fraction of sp³-hybridized carbons (Fsp3) is 0.479. The first-order valence-corrected chi connectivity index (χ1v) is 24.2. The van der Waals surface area contributed by atoms with Crippen LogP contribution in [0.1, 0.15) is 99.9 Å². The summed E-state index contributed by atoms with van der Waals surface area (Å²) < 4.78 is 32.1. The van der Waals surface area contributed by atoms with E-state index in [-0.39, 0.29) is 30.2 Å². The number of benzene rings is 3. The van der Waals surface area contributed by atoms with Gasteiger partial charge in [0.25, 0.3) is 5.91 Å². The van der Waals surface area contributed by atoms with Crippen LogP contribution in [0.4, 0.5) is 10.5 Å². The summed E-state index contributed by atoms with van der Waals surface area (Å²) in [7, 11) is -0.235. The van der Waals surface area contributed by atoms with Gasteiger partial charge in [-0.25, -0.2) is 9.59 Å². The highest BCUT2D eigenvalue weighted by Crippen LogP contribution is 2.38. The minimum Gasteiger partial charge on any atom is -0.544 e. The zero-order valence-electron chi connectivity index (χ0n) is 38.3. The topological polar surface area (TPSA) is 109 Å². The number of hydrogen-bond acceptors (Lipinski definition) is 8. The summed E-state index contributed by atoms with van der Waals surface area (Å²) in [5.41, 5.74) is 4.28. The van der Waals surface area contributed by atoms with Gasteiger partial charge in [0.15, 0.2) is 0 Å². The van der Waals surface area contributed by atoms with Crippen molar-refractivity contribution in [2.75, 3.05) is 37.8 Å². The van der Waals surface area contributed by atoms with Gasteiger partial charge < -0.3 is 37.7 Å². The van der Waals surface area contributed by atoms with Crippen LogP contribution in [0.2, 0.25) is 23.2 Å². The number of carbonyl (C=O) groups excluding carboxylic acids is 3. The molecule has 0 atom stereocenters. The van der Waals surface area contributed by atoms with Crippen LogP contribution >= 0.6 is 11.6 Å². The van der Waals surface area contributed by atoms with E-state index in [1.807, 2.05) is 103 Å². The molecule has 1 aliphatic rings. The van der Waals surface area contributed by atoms with Crippen molar-refractivity contribution < 1.29 is 37.8 Å². The lowest BCUT2D eigenvalue weighted by atomic mass is 9.99. The van der Waals surface area contributed by atoms with Gasteiger partial charge in [0.05, 0.1) is 24.3 Å². The van der Waals surface area contributed by atoms with Crippen molar-refractivity contribution >= 4 is 43.6 Å². The van der Waals surface area contributed by atoms with Gasteiger partial charge in [-0.15, -0.1) is 0 Å². The van der Waals surface area contributed by atoms with Crippen LogP contribution in [-0.2, 0) is 34.2 Å². The second-order valence-electron chi connectivity index (χ2n) is 19.1. The lowest BCUT2D eigenvalue weighted by molar-refractivity contribution is 0.00694. The first kappa shape index (κ1) is 47.3. The van der Waals surface area contributed by atoms with Crippen LogP contribution in [0.15, 0.2) is 66.7 Å². The molecule has 4 aromatic rings. The highest BCUT2D eigenvalue weighted by molar-refractivity contribution is 6.74. The molecule has 0 saturated heterocycles. The van der Waals surface area contributed by atoms with Crippen molar-refractivity contribution in [3.05, 3.63) is 99.7 Å². The minimum absolute atomic E-state index is 0.0203.